The Bertz CT molecular complexity index is 688. The molecule has 0 atom stereocenters. The largest absolute Gasteiger partial charge is 0.493 e. The van der Waals surface area contributed by atoms with Gasteiger partial charge in [-0.15, -0.1) is 0 Å². The number of nitrogens with one attached hydrogen (secondary N) is 1. The Kier molecular flexibility index (Phi) is 7.00. The molecule has 0 radical (unpaired) electrons. The van der Waals surface area contributed by atoms with Crippen LogP contribution in [0.2, 0.25) is 0 Å². The van der Waals surface area contributed by atoms with Crippen molar-refractivity contribution in [3.05, 3.63) is 59.2 Å². The monoisotopic (exact) mass is 345 g/mol. The van der Waals surface area contributed by atoms with E-state index < -0.39 is 0 Å². The molecule has 1 N–H and O–H groups in total. The van der Waals surface area contributed by atoms with Gasteiger partial charge in [-0.25, -0.2) is 0 Å². The highest BCUT2D eigenvalue weighted by Crippen LogP contribution is 2.27. The number of benzene rings is 2. The van der Waals surface area contributed by atoms with Crippen LogP contribution in [0.15, 0.2) is 42.5 Å². The van der Waals surface area contributed by atoms with E-state index >= 15 is 0 Å². The Balaban J connectivity index is 1.77. The molecule has 0 aliphatic carbocycles. The van der Waals surface area contributed by atoms with Crippen LogP contribution in [0.4, 0.5) is 0 Å². The van der Waals surface area contributed by atoms with Crippen LogP contribution < -0.4 is 14.8 Å². The van der Waals surface area contributed by atoms with E-state index in [-0.39, 0.29) is 5.91 Å². The van der Waals surface area contributed by atoms with Crippen molar-refractivity contribution in [2.75, 3.05) is 26.5 Å². The fourth-order valence-corrected chi connectivity index (χ4v) is 3.11. The van der Waals surface area contributed by atoms with Gasteiger partial charge in [-0.3, -0.25) is 4.79 Å². The predicted octanol–water partition coefficient (Wildman–Crippen LogP) is 3.68. The SMILES string of the molecule is COc1ccc(C(=O)NCCSCc2cccc(C)c2)cc1OC. The van der Waals surface area contributed by atoms with Gasteiger partial charge in [0.25, 0.3) is 5.91 Å². The van der Waals surface area contributed by atoms with Crippen molar-refractivity contribution in [2.45, 2.75) is 12.7 Å². The molecule has 0 saturated carbocycles. The average molecular weight is 345 g/mol. The molecule has 0 saturated heterocycles. The van der Waals surface area contributed by atoms with Crippen LogP contribution in [0, 0.1) is 6.92 Å². The van der Waals surface area contributed by atoms with Crippen LogP contribution in [0.25, 0.3) is 0 Å². The summed E-state index contributed by atoms with van der Waals surface area (Å²) in [6, 6.07) is 13.6. The third kappa shape index (κ3) is 5.20. The van der Waals surface area contributed by atoms with Crippen LogP contribution in [0.5, 0.6) is 11.5 Å². The molecule has 128 valence electrons. The van der Waals surface area contributed by atoms with Crippen molar-refractivity contribution in [1.29, 1.82) is 0 Å². The number of hydrogen-bond donors (Lipinski definition) is 1. The molecule has 0 bridgehead atoms. The molecule has 0 aromatic heterocycles. The Morgan fingerprint density at radius 1 is 1.08 bits per heavy atom. The number of ether oxygens (including phenoxy) is 2. The second-order valence-corrected chi connectivity index (χ2v) is 6.47. The lowest BCUT2D eigenvalue weighted by molar-refractivity contribution is 0.0956. The van der Waals surface area contributed by atoms with Crippen LogP contribution in [-0.2, 0) is 5.75 Å². The molecule has 0 aliphatic heterocycles. The van der Waals surface area contributed by atoms with Gasteiger partial charge in [0, 0.05) is 23.6 Å². The van der Waals surface area contributed by atoms with Crippen molar-refractivity contribution >= 4 is 17.7 Å². The number of thioether (sulfide) groups is 1. The molecule has 2 aromatic rings. The highest BCUT2D eigenvalue weighted by Gasteiger charge is 2.10. The fraction of sp³-hybridized carbons (Fsp3) is 0.316. The van der Waals surface area contributed by atoms with Gasteiger partial charge < -0.3 is 14.8 Å². The van der Waals surface area contributed by atoms with Crippen LogP contribution in [-0.4, -0.2) is 32.4 Å². The molecular formula is C19H23NO3S. The molecule has 5 heteroatoms. The number of methoxy groups -OCH3 is 2. The zero-order valence-electron chi connectivity index (χ0n) is 14.3. The summed E-state index contributed by atoms with van der Waals surface area (Å²) in [4.78, 5) is 12.2. The maximum absolute atomic E-state index is 12.2. The summed E-state index contributed by atoms with van der Waals surface area (Å²) < 4.78 is 10.4. The van der Waals surface area contributed by atoms with E-state index in [1.54, 1.807) is 44.2 Å². The highest BCUT2D eigenvalue weighted by atomic mass is 32.2. The minimum atomic E-state index is -0.105. The van der Waals surface area contributed by atoms with E-state index in [0.29, 0.717) is 23.6 Å². The van der Waals surface area contributed by atoms with E-state index in [1.807, 2.05) is 0 Å². The van der Waals surface area contributed by atoms with Gasteiger partial charge in [0.05, 0.1) is 14.2 Å². The Labute approximate surface area is 147 Å². The smallest absolute Gasteiger partial charge is 0.251 e. The lowest BCUT2D eigenvalue weighted by Gasteiger charge is -2.10. The van der Waals surface area contributed by atoms with E-state index in [4.69, 9.17) is 9.47 Å². The normalized spacial score (nSPS) is 10.3. The Morgan fingerprint density at radius 2 is 1.88 bits per heavy atom. The molecule has 24 heavy (non-hydrogen) atoms. The summed E-state index contributed by atoms with van der Waals surface area (Å²) in [5.74, 6) is 2.88. The zero-order chi connectivity index (χ0) is 17.4. The molecule has 1 amide bonds. The zero-order valence-corrected chi connectivity index (χ0v) is 15.1. The molecular weight excluding hydrogens is 322 g/mol. The summed E-state index contributed by atoms with van der Waals surface area (Å²) in [6.07, 6.45) is 0. The Morgan fingerprint density at radius 3 is 2.58 bits per heavy atom. The summed E-state index contributed by atoms with van der Waals surface area (Å²) in [5, 5.41) is 2.93. The third-order valence-corrected chi connectivity index (χ3v) is 4.56. The van der Waals surface area contributed by atoms with Crippen LogP contribution in [0.1, 0.15) is 21.5 Å². The number of amides is 1. The maximum Gasteiger partial charge on any atom is 0.251 e. The van der Waals surface area contributed by atoms with E-state index in [1.165, 1.54) is 11.1 Å². The van der Waals surface area contributed by atoms with Gasteiger partial charge in [-0.2, -0.15) is 11.8 Å². The molecule has 2 aromatic carbocycles. The van der Waals surface area contributed by atoms with E-state index in [2.05, 4.69) is 36.5 Å². The summed E-state index contributed by atoms with van der Waals surface area (Å²) in [7, 11) is 3.13. The molecule has 0 heterocycles. The minimum Gasteiger partial charge on any atom is -0.493 e. The first kappa shape index (κ1) is 18.2. The number of rotatable bonds is 8. The van der Waals surface area contributed by atoms with Gasteiger partial charge in [-0.1, -0.05) is 29.8 Å². The Hall–Kier alpha value is -2.14. The molecule has 0 aliphatic rings. The quantitative estimate of drug-likeness (QED) is 0.742. The first-order valence-electron chi connectivity index (χ1n) is 7.77. The molecule has 0 spiro atoms. The van der Waals surface area contributed by atoms with Gasteiger partial charge in [-0.05, 0) is 30.7 Å². The second kappa shape index (κ2) is 9.23. The van der Waals surface area contributed by atoms with Gasteiger partial charge in [0.2, 0.25) is 0 Å². The number of carbonyl (C=O) groups excluding carboxylic acids is 1. The van der Waals surface area contributed by atoms with Gasteiger partial charge in [0.1, 0.15) is 0 Å². The molecule has 0 unspecified atom stereocenters. The standard InChI is InChI=1S/C19H23NO3S/c1-14-5-4-6-15(11-14)13-24-10-9-20-19(21)16-7-8-17(22-2)18(12-16)23-3/h4-8,11-12H,9-10,13H2,1-3H3,(H,20,21). The average Bonchev–Trinajstić information content (AvgIpc) is 2.60. The lowest BCUT2D eigenvalue weighted by Crippen LogP contribution is -2.25. The first-order chi connectivity index (χ1) is 11.6. The van der Waals surface area contributed by atoms with Crippen molar-refractivity contribution in [3.8, 4) is 11.5 Å². The molecule has 0 fully saturated rings. The third-order valence-electron chi connectivity index (χ3n) is 3.53. The van der Waals surface area contributed by atoms with Crippen molar-refractivity contribution in [1.82, 2.24) is 5.32 Å². The van der Waals surface area contributed by atoms with E-state index in [9.17, 15) is 4.79 Å². The number of hydrogen-bond acceptors (Lipinski definition) is 4. The van der Waals surface area contributed by atoms with E-state index in [0.717, 1.165) is 11.5 Å². The number of carbonyl (C=O) groups is 1. The predicted molar refractivity (Wildman–Crippen MR) is 99.2 cm³/mol. The van der Waals surface area contributed by atoms with Gasteiger partial charge in [0.15, 0.2) is 11.5 Å². The summed E-state index contributed by atoms with van der Waals surface area (Å²) in [5.41, 5.74) is 3.15. The van der Waals surface area contributed by atoms with Crippen molar-refractivity contribution in [3.63, 3.8) is 0 Å². The van der Waals surface area contributed by atoms with Crippen molar-refractivity contribution in [2.24, 2.45) is 0 Å². The molecule has 2 rings (SSSR count). The summed E-state index contributed by atoms with van der Waals surface area (Å²) >= 11 is 1.81. The topological polar surface area (TPSA) is 47.6 Å². The molecule has 4 nitrogen and oxygen atoms in total. The summed E-state index contributed by atoms with van der Waals surface area (Å²) in [6.45, 7) is 2.72. The second-order valence-electron chi connectivity index (χ2n) is 5.37. The fourth-order valence-electron chi connectivity index (χ4n) is 2.31. The minimum absolute atomic E-state index is 0.105. The lowest BCUT2D eigenvalue weighted by atomic mass is 10.2. The van der Waals surface area contributed by atoms with Crippen molar-refractivity contribution < 1.29 is 14.3 Å². The maximum atomic E-state index is 12.2. The highest BCUT2D eigenvalue weighted by molar-refractivity contribution is 7.98. The van der Waals surface area contributed by atoms with Gasteiger partial charge >= 0.3 is 0 Å². The first-order valence-corrected chi connectivity index (χ1v) is 8.93. The van der Waals surface area contributed by atoms with Crippen LogP contribution >= 0.6 is 11.8 Å². The van der Waals surface area contributed by atoms with Crippen LogP contribution in [0.3, 0.4) is 0 Å². The number of aryl methyl sites for hydroxylation is 1.